The van der Waals surface area contributed by atoms with Crippen LogP contribution in [0, 0.1) is 0 Å². The normalized spacial score (nSPS) is 17.7. The van der Waals surface area contributed by atoms with E-state index in [0.29, 0.717) is 12.6 Å². The zero-order chi connectivity index (χ0) is 15.5. The van der Waals surface area contributed by atoms with Gasteiger partial charge in [-0.25, -0.2) is 4.98 Å². The molecule has 0 bridgehead atoms. The number of piperidine rings is 1. The van der Waals surface area contributed by atoms with E-state index in [1.54, 1.807) is 11.3 Å². The highest BCUT2D eigenvalue weighted by molar-refractivity contribution is 7.13. The second kappa shape index (κ2) is 6.75. The molecular formula is C15H25N3O2S. The van der Waals surface area contributed by atoms with Crippen LogP contribution < -0.4 is 5.32 Å². The van der Waals surface area contributed by atoms with Crippen LogP contribution in [-0.4, -0.2) is 48.6 Å². The SMILES string of the molecule is CCOC(=O)C(C)(C)c1csc(NC2CCN(C)CC2)n1. The molecule has 0 amide bonds. The van der Waals surface area contributed by atoms with E-state index in [1.165, 1.54) is 0 Å². The van der Waals surface area contributed by atoms with Crippen molar-refractivity contribution < 1.29 is 9.53 Å². The predicted molar refractivity (Wildman–Crippen MR) is 85.9 cm³/mol. The van der Waals surface area contributed by atoms with Crippen molar-refractivity contribution >= 4 is 22.4 Å². The maximum absolute atomic E-state index is 12.0. The summed E-state index contributed by atoms with van der Waals surface area (Å²) in [6.07, 6.45) is 2.26. The highest BCUT2D eigenvalue weighted by atomic mass is 32.1. The van der Waals surface area contributed by atoms with Gasteiger partial charge in [0.1, 0.15) is 5.41 Å². The molecule has 1 aromatic heterocycles. The van der Waals surface area contributed by atoms with Crippen molar-refractivity contribution in [2.75, 3.05) is 32.1 Å². The quantitative estimate of drug-likeness (QED) is 0.847. The Labute approximate surface area is 130 Å². The molecule has 1 saturated heterocycles. The van der Waals surface area contributed by atoms with Crippen LogP contribution in [-0.2, 0) is 14.9 Å². The molecule has 118 valence electrons. The van der Waals surface area contributed by atoms with Gasteiger partial charge >= 0.3 is 5.97 Å². The molecule has 0 radical (unpaired) electrons. The molecular weight excluding hydrogens is 286 g/mol. The Hall–Kier alpha value is -1.14. The number of aromatic nitrogens is 1. The summed E-state index contributed by atoms with van der Waals surface area (Å²) in [4.78, 5) is 19.0. The maximum Gasteiger partial charge on any atom is 0.317 e. The minimum Gasteiger partial charge on any atom is -0.465 e. The lowest BCUT2D eigenvalue weighted by Gasteiger charge is -2.29. The lowest BCUT2D eigenvalue weighted by atomic mass is 9.90. The van der Waals surface area contributed by atoms with Gasteiger partial charge in [-0.2, -0.15) is 0 Å². The Morgan fingerprint density at radius 1 is 1.52 bits per heavy atom. The molecule has 5 nitrogen and oxygen atoms in total. The first-order valence-electron chi connectivity index (χ1n) is 7.51. The van der Waals surface area contributed by atoms with Crippen LogP contribution in [0.1, 0.15) is 39.3 Å². The summed E-state index contributed by atoms with van der Waals surface area (Å²) >= 11 is 1.56. The third kappa shape index (κ3) is 3.95. The van der Waals surface area contributed by atoms with E-state index in [1.807, 2.05) is 26.2 Å². The second-order valence-corrected chi connectivity index (χ2v) is 6.96. The van der Waals surface area contributed by atoms with Crippen molar-refractivity contribution in [3.63, 3.8) is 0 Å². The number of rotatable bonds is 5. The molecule has 6 heteroatoms. The minimum atomic E-state index is -0.695. The van der Waals surface area contributed by atoms with Gasteiger partial charge < -0.3 is 15.0 Å². The van der Waals surface area contributed by atoms with E-state index in [0.717, 1.165) is 36.8 Å². The van der Waals surface area contributed by atoms with Crippen LogP contribution >= 0.6 is 11.3 Å². The first kappa shape index (κ1) is 16.2. The predicted octanol–water partition coefficient (Wildman–Crippen LogP) is 2.49. The highest BCUT2D eigenvalue weighted by Gasteiger charge is 2.34. The molecule has 0 aromatic carbocycles. The molecule has 1 fully saturated rings. The molecule has 21 heavy (non-hydrogen) atoms. The van der Waals surface area contributed by atoms with Crippen LogP contribution in [0.15, 0.2) is 5.38 Å². The third-order valence-electron chi connectivity index (χ3n) is 3.98. The summed E-state index contributed by atoms with van der Waals surface area (Å²) < 4.78 is 5.13. The monoisotopic (exact) mass is 311 g/mol. The molecule has 1 aliphatic heterocycles. The van der Waals surface area contributed by atoms with Crippen molar-refractivity contribution in [1.29, 1.82) is 0 Å². The van der Waals surface area contributed by atoms with Gasteiger partial charge in [-0.3, -0.25) is 4.79 Å². The third-order valence-corrected chi connectivity index (χ3v) is 4.75. The maximum atomic E-state index is 12.0. The second-order valence-electron chi connectivity index (χ2n) is 6.11. The Kier molecular flexibility index (Phi) is 5.22. The average Bonchev–Trinajstić information content (AvgIpc) is 2.91. The van der Waals surface area contributed by atoms with Crippen molar-refractivity contribution in [2.24, 2.45) is 0 Å². The molecule has 1 aliphatic rings. The Bertz CT molecular complexity index is 479. The van der Waals surface area contributed by atoms with Crippen molar-refractivity contribution in [2.45, 2.75) is 45.1 Å². The fourth-order valence-corrected chi connectivity index (χ4v) is 3.33. The topological polar surface area (TPSA) is 54.5 Å². The molecule has 2 rings (SSSR count). The van der Waals surface area contributed by atoms with Crippen molar-refractivity contribution in [3.05, 3.63) is 11.1 Å². The number of anilines is 1. The summed E-state index contributed by atoms with van der Waals surface area (Å²) in [7, 11) is 2.15. The van der Waals surface area contributed by atoms with Crippen LogP contribution in [0.3, 0.4) is 0 Å². The van der Waals surface area contributed by atoms with Gasteiger partial charge in [-0.1, -0.05) is 0 Å². The van der Waals surface area contributed by atoms with E-state index in [9.17, 15) is 4.79 Å². The standard InChI is InChI=1S/C15H25N3O2S/c1-5-20-13(19)15(2,3)12-10-21-14(17-12)16-11-6-8-18(4)9-7-11/h10-11H,5-9H2,1-4H3,(H,16,17). The number of nitrogens with zero attached hydrogens (tertiary/aromatic N) is 2. The number of thiazole rings is 1. The van der Waals surface area contributed by atoms with E-state index in [-0.39, 0.29) is 5.97 Å². The van der Waals surface area contributed by atoms with Crippen molar-refractivity contribution in [1.82, 2.24) is 9.88 Å². The fraction of sp³-hybridized carbons (Fsp3) is 0.733. The summed E-state index contributed by atoms with van der Waals surface area (Å²) in [5, 5.41) is 6.35. The Morgan fingerprint density at radius 3 is 2.81 bits per heavy atom. The molecule has 0 spiro atoms. The average molecular weight is 311 g/mol. The molecule has 0 atom stereocenters. The molecule has 0 aliphatic carbocycles. The van der Waals surface area contributed by atoms with E-state index in [2.05, 4.69) is 22.2 Å². The van der Waals surface area contributed by atoms with Crippen LogP contribution in [0.25, 0.3) is 0 Å². The summed E-state index contributed by atoms with van der Waals surface area (Å²) in [5.41, 5.74) is 0.0838. The number of hydrogen-bond acceptors (Lipinski definition) is 6. The van der Waals surface area contributed by atoms with Crippen LogP contribution in [0.4, 0.5) is 5.13 Å². The number of esters is 1. The van der Waals surface area contributed by atoms with Crippen molar-refractivity contribution in [3.8, 4) is 0 Å². The summed E-state index contributed by atoms with van der Waals surface area (Å²) in [6, 6.07) is 0.478. The zero-order valence-electron chi connectivity index (χ0n) is 13.3. The molecule has 1 aromatic rings. The first-order valence-corrected chi connectivity index (χ1v) is 8.39. The minimum absolute atomic E-state index is 0.221. The number of ether oxygens (including phenoxy) is 1. The lowest BCUT2D eigenvalue weighted by molar-refractivity contribution is -0.148. The summed E-state index contributed by atoms with van der Waals surface area (Å²) in [5.74, 6) is -0.221. The van der Waals surface area contributed by atoms with Gasteiger partial charge in [0.25, 0.3) is 0 Å². The Balaban J connectivity index is 1.99. The van der Waals surface area contributed by atoms with Gasteiger partial charge in [0.05, 0.1) is 12.3 Å². The van der Waals surface area contributed by atoms with Gasteiger partial charge in [0, 0.05) is 11.4 Å². The fourth-order valence-electron chi connectivity index (χ4n) is 2.37. The smallest absolute Gasteiger partial charge is 0.317 e. The highest BCUT2D eigenvalue weighted by Crippen LogP contribution is 2.29. The molecule has 0 saturated carbocycles. The number of nitrogens with one attached hydrogen (secondary N) is 1. The molecule has 0 unspecified atom stereocenters. The number of likely N-dealkylation sites (tertiary alicyclic amines) is 1. The van der Waals surface area contributed by atoms with Gasteiger partial charge in [0.15, 0.2) is 5.13 Å². The van der Waals surface area contributed by atoms with Crippen LogP contribution in [0.5, 0.6) is 0 Å². The number of carbonyl (C=O) groups is 1. The molecule has 2 heterocycles. The van der Waals surface area contributed by atoms with Crippen LogP contribution in [0.2, 0.25) is 0 Å². The number of carbonyl (C=O) groups excluding carboxylic acids is 1. The lowest BCUT2D eigenvalue weighted by Crippen LogP contribution is -2.36. The van der Waals surface area contributed by atoms with E-state index in [4.69, 9.17) is 4.74 Å². The molecule has 1 N–H and O–H groups in total. The Morgan fingerprint density at radius 2 is 2.19 bits per heavy atom. The van der Waals surface area contributed by atoms with E-state index < -0.39 is 5.41 Å². The summed E-state index contributed by atoms with van der Waals surface area (Å²) in [6.45, 7) is 8.17. The van der Waals surface area contributed by atoms with Gasteiger partial charge in [-0.05, 0) is 53.8 Å². The first-order chi connectivity index (χ1) is 9.93. The number of hydrogen-bond donors (Lipinski definition) is 1. The zero-order valence-corrected chi connectivity index (χ0v) is 14.1. The van der Waals surface area contributed by atoms with Gasteiger partial charge in [-0.15, -0.1) is 11.3 Å². The largest absolute Gasteiger partial charge is 0.465 e. The van der Waals surface area contributed by atoms with Gasteiger partial charge in [0.2, 0.25) is 0 Å². The van der Waals surface area contributed by atoms with E-state index >= 15 is 0 Å².